The summed E-state index contributed by atoms with van der Waals surface area (Å²) < 4.78 is 0. The molecule has 4 heteroatoms. The lowest BCUT2D eigenvalue weighted by Gasteiger charge is -2.07. The fraction of sp³-hybridized carbons (Fsp3) is 1.00. The van der Waals surface area contributed by atoms with Crippen molar-refractivity contribution in [3.8, 4) is 0 Å². The predicted molar refractivity (Wildman–Crippen MR) is 16.5 cm³/mol. The SMILES string of the molecule is C1C2OOC1OO2. The summed E-state index contributed by atoms with van der Waals surface area (Å²) in [5.41, 5.74) is 0. The number of hydrogen-bond acceptors (Lipinski definition) is 4. The Hall–Kier alpha value is -0.160. The van der Waals surface area contributed by atoms with E-state index in [1.807, 2.05) is 0 Å². The molecule has 2 aliphatic heterocycles. The van der Waals surface area contributed by atoms with Crippen molar-refractivity contribution in [2.45, 2.75) is 19.0 Å². The molecule has 2 rings (SSSR count). The molecule has 0 radical (unpaired) electrons. The van der Waals surface area contributed by atoms with Crippen LogP contribution >= 0.6 is 0 Å². The van der Waals surface area contributed by atoms with E-state index in [9.17, 15) is 0 Å². The minimum Gasteiger partial charge on any atom is -0.198 e. The maximum Gasteiger partial charge on any atom is 0.229 e. The first-order chi connectivity index (χ1) is 3.45. The summed E-state index contributed by atoms with van der Waals surface area (Å²) >= 11 is 0. The number of rotatable bonds is 0. The third-order valence-electron chi connectivity index (χ3n) is 0.925. The maximum atomic E-state index is 4.50. The molecule has 0 N–H and O–H groups in total. The minimum atomic E-state index is -0.273. The van der Waals surface area contributed by atoms with Crippen molar-refractivity contribution in [2.24, 2.45) is 0 Å². The van der Waals surface area contributed by atoms with E-state index in [-0.39, 0.29) is 12.6 Å². The molecule has 2 bridgehead atoms. The van der Waals surface area contributed by atoms with Gasteiger partial charge in [0.05, 0.1) is 6.42 Å². The Bertz CT molecular complexity index is 65.0. The molecular formula is C3H4O4. The van der Waals surface area contributed by atoms with Gasteiger partial charge in [-0.05, 0) is 0 Å². The normalized spacial score (nSPS) is 48.0. The Kier molecular flexibility index (Phi) is 0.631. The molecule has 2 saturated heterocycles. The third kappa shape index (κ3) is 0.450. The van der Waals surface area contributed by atoms with Gasteiger partial charge in [-0.2, -0.15) is 19.6 Å². The Morgan fingerprint density at radius 2 is 1.29 bits per heavy atom. The molecule has 7 heavy (non-hydrogen) atoms. The first-order valence-electron chi connectivity index (χ1n) is 2.09. The van der Waals surface area contributed by atoms with Crippen LogP contribution in [0.2, 0.25) is 0 Å². The van der Waals surface area contributed by atoms with Crippen molar-refractivity contribution < 1.29 is 19.6 Å². The van der Waals surface area contributed by atoms with Gasteiger partial charge in [-0.15, -0.1) is 0 Å². The quantitative estimate of drug-likeness (QED) is 0.404. The second-order valence-corrected chi connectivity index (χ2v) is 1.48. The van der Waals surface area contributed by atoms with E-state index in [4.69, 9.17) is 0 Å². The number of hydrogen-bond donors (Lipinski definition) is 0. The molecule has 0 unspecified atom stereocenters. The van der Waals surface area contributed by atoms with E-state index < -0.39 is 0 Å². The van der Waals surface area contributed by atoms with Crippen molar-refractivity contribution in [3.63, 3.8) is 0 Å². The van der Waals surface area contributed by atoms with Crippen LogP contribution in [0.5, 0.6) is 0 Å². The van der Waals surface area contributed by atoms with Crippen molar-refractivity contribution >= 4 is 0 Å². The topological polar surface area (TPSA) is 36.9 Å². The summed E-state index contributed by atoms with van der Waals surface area (Å²) in [7, 11) is 0. The Morgan fingerprint density at radius 1 is 0.857 bits per heavy atom. The van der Waals surface area contributed by atoms with Crippen LogP contribution in [0.15, 0.2) is 0 Å². The summed E-state index contributed by atoms with van der Waals surface area (Å²) in [5.74, 6) is 0. The van der Waals surface area contributed by atoms with Gasteiger partial charge in [-0.25, -0.2) is 0 Å². The highest BCUT2D eigenvalue weighted by atomic mass is 17.4. The zero-order valence-electron chi connectivity index (χ0n) is 3.49. The van der Waals surface area contributed by atoms with E-state index in [2.05, 4.69) is 19.6 Å². The fourth-order valence-corrected chi connectivity index (χ4v) is 0.594. The molecule has 2 fully saturated rings. The number of fused-ring (bicyclic) bond motifs is 2. The Morgan fingerprint density at radius 3 is 1.43 bits per heavy atom. The van der Waals surface area contributed by atoms with Gasteiger partial charge in [-0.3, -0.25) is 0 Å². The van der Waals surface area contributed by atoms with Gasteiger partial charge in [0.15, 0.2) is 0 Å². The van der Waals surface area contributed by atoms with E-state index in [0.717, 1.165) is 0 Å². The smallest absolute Gasteiger partial charge is 0.198 e. The lowest BCUT2D eigenvalue weighted by atomic mass is 10.4. The van der Waals surface area contributed by atoms with Crippen molar-refractivity contribution in [1.82, 2.24) is 0 Å². The molecule has 0 spiro atoms. The molecule has 0 aromatic carbocycles. The van der Waals surface area contributed by atoms with Crippen molar-refractivity contribution in [1.29, 1.82) is 0 Å². The summed E-state index contributed by atoms with van der Waals surface area (Å²) in [5, 5.41) is 0. The van der Waals surface area contributed by atoms with Crippen LogP contribution in [-0.4, -0.2) is 12.6 Å². The predicted octanol–water partition coefficient (Wildman–Crippen LogP) is -0.0477. The minimum absolute atomic E-state index is 0.273. The lowest BCUT2D eigenvalue weighted by Crippen LogP contribution is -2.11. The zero-order chi connectivity index (χ0) is 4.69. The fourth-order valence-electron chi connectivity index (χ4n) is 0.594. The van der Waals surface area contributed by atoms with Gasteiger partial charge in [-0.1, -0.05) is 0 Å². The molecule has 0 atom stereocenters. The first kappa shape index (κ1) is 3.80. The highest BCUT2D eigenvalue weighted by Crippen LogP contribution is 2.26. The van der Waals surface area contributed by atoms with Crippen LogP contribution in [0.25, 0.3) is 0 Å². The maximum absolute atomic E-state index is 4.50. The van der Waals surface area contributed by atoms with Crippen molar-refractivity contribution in [2.75, 3.05) is 0 Å². The highest BCUT2D eigenvalue weighted by Gasteiger charge is 2.37. The molecule has 0 saturated carbocycles. The molecule has 0 amide bonds. The average molecular weight is 104 g/mol. The van der Waals surface area contributed by atoms with Gasteiger partial charge < -0.3 is 0 Å². The highest BCUT2D eigenvalue weighted by molar-refractivity contribution is 4.54. The molecule has 0 aromatic rings. The summed E-state index contributed by atoms with van der Waals surface area (Å²) in [4.78, 5) is 18.0. The molecule has 4 nitrogen and oxygen atoms in total. The van der Waals surface area contributed by atoms with Crippen LogP contribution < -0.4 is 0 Å². The Balaban J connectivity index is 2.12. The van der Waals surface area contributed by atoms with Gasteiger partial charge in [0.25, 0.3) is 0 Å². The van der Waals surface area contributed by atoms with Crippen LogP contribution in [-0.2, 0) is 19.6 Å². The first-order valence-corrected chi connectivity index (χ1v) is 2.09. The van der Waals surface area contributed by atoms with Gasteiger partial charge in [0.2, 0.25) is 12.6 Å². The molecule has 0 aromatic heterocycles. The Labute approximate surface area is 39.8 Å². The zero-order valence-corrected chi connectivity index (χ0v) is 3.49. The van der Waals surface area contributed by atoms with E-state index in [1.54, 1.807) is 0 Å². The third-order valence-corrected chi connectivity index (χ3v) is 0.925. The average Bonchev–Trinajstić information content (AvgIpc) is 2.22. The lowest BCUT2D eigenvalue weighted by molar-refractivity contribution is -0.528. The van der Waals surface area contributed by atoms with Crippen LogP contribution in [0.4, 0.5) is 0 Å². The molecule has 2 heterocycles. The molecular weight excluding hydrogens is 100 g/mol. The van der Waals surface area contributed by atoms with Crippen LogP contribution in [0.1, 0.15) is 6.42 Å². The van der Waals surface area contributed by atoms with Gasteiger partial charge in [0, 0.05) is 0 Å². The van der Waals surface area contributed by atoms with Crippen LogP contribution in [0, 0.1) is 0 Å². The molecule has 40 valence electrons. The van der Waals surface area contributed by atoms with Gasteiger partial charge in [0.1, 0.15) is 0 Å². The second-order valence-electron chi connectivity index (χ2n) is 1.48. The van der Waals surface area contributed by atoms with E-state index in [1.165, 1.54) is 0 Å². The standard InChI is InChI=1S/C3H4O4/c1-2-4-6-3(1)7-5-2/h2-3H,1H2. The summed E-state index contributed by atoms with van der Waals surface area (Å²) in [6, 6.07) is 0. The largest absolute Gasteiger partial charge is 0.229 e. The monoisotopic (exact) mass is 104 g/mol. The summed E-state index contributed by atoms with van der Waals surface area (Å²) in [6.07, 6.45) is 0.148. The van der Waals surface area contributed by atoms with Crippen LogP contribution in [0.3, 0.4) is 0 Å². The molecule has 0 aliphatic carbocycles. The second kappa shape index (κ2) is 1.16. The molecule has 2 aliphatic rings. The van der Waals surface area contributed by atoms with E-state index in [0.29, 0.717) is 6.42 Å². The summed E-state index contributed by atoms with van der Waals surface area (Å²) in [6.45, 7) is 0. The van der Waals surface area contributed by atoms with Crippen molar-refractivity contribution in [3.05, 3.63) is 0 Å². The van der Waals surface area contributed by atoms with Gasteiger partial charge >= 0.3 is 0 Å². The van der Waals surface area contributed by atoms with E-state index >= 15 is 0 Å².